The number of amides is 1. The number of anilines is 2. The summed E-state index contributed by atoms with van der Waals surface area (Å²) in [6, 6.07) is 8.89. The first kappa shape index (κ1) is 17.9. The molecule has 26 heavy (non-hydrogen) atoms. The van der Waals surface area contributed by atoms with Crippen LogP contribution >= 0.6 is 0 Å². The quantitative estimate of drug-likeness (QED) is 0.771. The molecule has 0 aliphatic heterocycles. The summed E-state index contributed by atoms with van der Waals surface area (Å²) < 4.78 is 4.94. The molecule has 6 heteroatoms. The molecule has 1 aromatic carbocycles. The van der Waals surface area contributed by atoms with Crippen molar-refractivity contribution in [3.05, 3.63) is 53.9 Å². The third-order valence-electron chi connectivity index (χ3n) is 4.38. The minimum atomic E-state index is -0.375. The molecule has 0 unspecified atom stereocenters. The van der Waals surface area contributed by atoms with Crippen molar-refractivity contribution < 1.29 is 14.3 Å². The Balaban J connectivity index is 1.63. The summed E-state index contributed by atoms with van der Waals surface area (Å²) in [4.78, 5) is 28.3. The number of nitrogens with zero attached hydrogens (tertiary/aromatic N) is 1. The molecule has 1 aliphatic rings. The lowest BCUT2D eigenvalue weighted by atomic mass is 10.2. The zero-order valence-electron chi connectivity index (χ0n) is 14.8. The van der Waals surface area contributed by atoms with Gasteiger partial charge in [-0.05, 0) is 50.1 Å². The molecule has 1 aliphatic carbocycles. The number of nitrogens with one attached hydrogen (secondary N) is 2. The maximum Gasteiger partial charge on any atom is 0.338 e. The number of hydrogen-bond donors (Lipinski definition) is 2. The maximum atomic E-state index is 12.5. The van der Waals surface area contributed by atoms with Gasteiger partial charge in [-0.3, -0.25) is 9.78 Å². The van der Waals surface area contributed by atoms with Crippen LogP contribution in [0.1, 0.15) is 53.3 Å². The lowest BCUT2D eigenvalue weighted by Gasteiger charge is -2.14. The second-order valence-electron chi connectivity index (χ2n) is 6.34. The van der Waals surface area contributed by atoms with Gasteiger partial charge in [0.2, 0.25) is 0 Å². The van der Waals surface area contributed by atoms with Gasteiger partial charge in [-0.25, -0.2) is 4.79 Å². The zero-order chi connectivity index (χ0) is 18.4. The number of carbonyl (C=O) groups excluding carboxylic acids is 2. The minimum Gasteiger partial charge on any atom is -0.462 e. The molecule has 0 radical (unpaired) electrons. The smallest absolute Gasteiger partial charge is 0.338 e. The van der Waals surface area contributed by atoms with Crippen LogP contribution in [0.3, 0.4) is 0 Å². The van der Waals surface area contributed by atoms with E-state index < -0.39 is 0 Å². The van der Waals surface area contributed by atoms with Crippen LogP contribution in [0.2, 0.25) is 0 Å². The monoisotopic (exact) mass is 353 g/mol. The van der Waals surface area contributed by atoms with Gasteiger partial charge in [0.05, 0.1) is 23.4 Å². The third-order valence-corrected chi connectivity index (χ3v) is 4.38. The van der Waals surface area contributed by atoms with E-state index in [2.05, 4.69) is 15.6 Å². The topological polar surface area (TPSA) is 80.3 Å². The molecule has 1 heterocycles. The summed E-state index contributed by atoms with van der Waals surface area (Å²) in [5, 5.41) is 6.26. The largest absolute Gasteiger partial charge is 0.462 e. The van der Waals surface area contributed by atoms with E-state index in [0.29, 0.717) is 29.5 Å². The van der Waals surface area contributed by atoms with Gasteiger partial charge in [0.15, 0.2) is 0 Å². The second-order valence-corrected chi connectivity index (χ2v) is 6.34. The highest BCUT2D eigenvalue weighted by Gasteiger charge is 2.15. The van der Waals surface area contributed by atoms with E-state index in [4.69, 9.17) is 4.74 Å². The molecule has 0 atom stereocenters. The highest BCUT2D eigenvalue weighted by molar-refractivity contribution is 6.04. The number of esters is 1. The first-order valence-corrected chi connectivity index (χ1v) is 8.96. The molecule has 2 N–H and O–H groups in total. The summed E-state index contributed by atoms with van der Waals surface area (Å²) in [5.41, 5.74) is 2.41. The van der Waals surface area contributed by atoms with E-state index in [1.165, 1.54) is 12.8 Å². The Morgan fingerprint density at radius 1 is 1.08 bits per heavy atom. The molecular weight excluding hydrogens is 330 g/mol. The lowest BCUT2D eigenvalue weighted by Crippen LogP contribution is -2.16. The normalized spacial score (nSPS) is 14.0. The van der Waals surface area contributed by atoms with Crippen LogP contribution in [0, 0.1) is 0 Å². The molecule has 0 saturated heterocycles. The third kappa shape index (κ3) is 4.59. The van der Waals surface area contributed by atoms with Crippen molar-refractivity contribution in [2.75, 3.05) is 17.2 Å². The van der Waals surface area contributed by atoms with E-state index in [1.807, 2.05) is 6.07 Å². The van der Waals surface area contributed by atoms with Crippen molar-refractivity contribution in [1.29, 1.82) is 0 Å². The van der Waals surface area contributed by atoms with Gasteiger partial charge in [-0.15, -0.1) is 0 Å². The van der Waals surface area contributed by atoms with Crippen LogP contribution in [0.15, 0.2) is 42.7 Å². The van der Waals surface area contributed by atoms with Crippen molar-refractivity contribution in [2.24, 2.45) is 0 Å². The van der Waals surface area contributed by atoms with Gasteiger partial charge in [-0.1, -0.05) is 12.8 Å². The minimum absolute atomic E-state index is 0.239. The number of ether oxygens (including phenoxy) is 1. The molecule has 2 aromatic rings. The van der Waals surface area contributed by atoms with Gasteiger partial charge >= 0.3 is 5.97 Å². The van der Waals surface area contributed by atoms with Crippen LogP contribution in [0.4, 0.5) is 11.4 Å². The van der Waals surface area contributed by atoms with E-state index >= 15 is 0 Å². The first-order valence-electron chi connectivity index (χ1n) is 8.96. The number of pyridine rings is 1. The van der Waals surface area contributed by atoms with Crippen molar-refractivity contribution in [1.82, 2.24) is 4.98 Å². The van der Waals surface area contributed by atoms with Crippen LogP contribution < -0.4 is 10.6 Å². The van der Waals surface area contributed by atoms with E-state index in [0.717, 1.165) is 18.5 Å². The van der Waals surface area contributed by atoms with Gasteiger partial charge in [0.1, 0.15) is 0 Å². The molecule has 6 nitrogen and oxygen atoms in total. The number of hydrogen-bond acceptors (Lipinski definition) is 5. The fourth-order valence-electron chi connectivity index (χ4n) is 3.06. The van der Waals surface area contributed by atoms with Crippen LogP contribution in [0.25, 0.3) is 0 Å². The predicted molar refractivity (Wildman–Crippen MR) is 100 cm³/mol. The average Bonchev–Trinajstić information content (AvgIpc) is 3.16. The summed E-state index contributed by atoms with van der Waals surface area (Å²) in [5.74, 6) is -0.614. The van der Waals surface area contributed by atoms with Gasteiger partial charge in [-0.2, -0.15) is 0 Å². The van der Waals surface area contributed by atoms with E-state index in [-0.39, 0.29) is 11.9 Å². The van der Waals surface area contributed by atoms with E-state index in [1.54, 1.807) is 43.6 Å². The van der Waals surface area contributed by atoms with E-state index in [9.17, 15) is 9.59 Å². The standard InChI is InChI=1S/C20H23N3O3/c1-2-26-20(25)14-7-9-17(10-8-14)23-19(24)15-11-18(13-21-12-15)22-16-5-3-4-6-16/h7-13,16,22H,2-6H2,1H3,(H,23,24). The van der Waals surface area contributed by atoms with Crippen LogP contribution in [0.5, 0.6) is 0 Å². The first-order chi connectivity index (χ1) is 12.7. The molecule has 0 spiro atoms. The van der Waals surface area contributed by atoms with Gasteiger partial charge in [0, 0.05) is 24.1 Å². The Bertz CT molecular complexity index is 768. The molecule has 3 rings (SSSR count). The Kier molecular flexibility index (Phi) is 5.84. The molecule has 0 bridgehead atoms. The highest BCUT2D eigenvalue weighted by Crippen LogP contribution is 2.22. The summed E-state index contributed by atoms with van der Waals surface area (Å²) in [6.07, 6.45) is 8.08. The number of carbonyl (C=O) groups is 2. The molecule has 1 amide bonds. The SMILES string of the molecule is CCOC(=O)c1ccc(NC(=O)c2cncc(NC3CCCC3)c2)cc1. The predicted octanol–water partition coefficient (Wildman–Crippen LogP) is 3.87. The summed E-state index contributed by atoms with van der Waals surface area (Å²) >= 11 is 0. The number of aromatic nitrogens is 1. The number of benzene rings is 1. The Hall–Kier alpha value is -2.89. The van der Waals surface area contributed by atoms with Crippen molar-refractivity contribution in [3.63, 3.8) is 0 Å². The van der Waals surface area contributed by atoms with Gasteiger partial charge < -0.3 is 15.4 Å². The lowest BCUT2D eigenvalue weighted by molar-refractivity contribution is 0.0526. The summed E-state index contributed by atoms with van der Waals surface area (Å²) in [7, 11) is 0. The number of rotatable bonds is 6. The Morgan fingerprint density at radius 2 is 1.81 bits per heavy atom. The fraction of sp³-hybridized carbons (Fsp3) is 0.350. The van der Waals surface area contributed by atoms with Crippen molar-refractivity contribution in [3.8, 4) is 0 Å². The zero-order valence-corrected chi connectivity index (χ0v) is 14.8. The average molecular weight is 353 g/mol. The maximum absolute atomic E-state index is 12.5. The summed E-state index contributed by atoms with van der Waals surface area (Å²) in [6.45, 7) is 2.09. The molecular formula is C20H23N3O3. The fourth-order valence-corrected chi connectivity index (χ4v) is 3.06. The molecule has 1 saturated carbocycles. The Morgan fingerprint density at radius 3 is 2.50 bits per heavy atom. The van der Waals surface area contributed by atoms with Crippen molar-refractivity contribution in [2.45, 2.75) is 38.6 Å². The molecule has 1 fully saturated rings. The highest BCUT2D eigenvalue weighted by atomic mass is 16.5. The molecule has 136 valence electrons. The Labute approximate surface area is 153 Å². The van der Waals surface area contributed by atoms with Crippen LogP contribution in [-0.2, 0) is 4.74 Å². The van der Waals surface area contributed by atoms with Crippen molar-refractivity contribution >= 4 is 23.3 Å². The van der Waals surface area contributed by atoms with Gasteiger partial charge in [0.25, 0.3) is 5.91 Å². The molecule has 1 aromatic heterocycles. The van der Waals surface area contributed by atoms with Crippen LogP contribution in [-0.4, -0.2) is 29.5 Å². The second kappa shape index (κ2) is 8.47.